The normalized spacial score (nSPS) is 13.8. The van der Waals surface area contributed by atoms with Crippen LogP contribution in [-0.2, 0) is 37.5 Å². The number of hydrogen-bond donors (Lipinski definition) is 0. The quantitative estimate of drug-likeness (QED) is 0.340. The zero-order chi connectivity index (χ0) is 14.4. The van der Waals surface area contributed by atoms with Gasteiger partial charge in [-0.15, -0.1) is 0 Å². The van der Waals surface area contributed by atoms with Crippen LogP contribution < -0.4 is 0 Å². The zero-order valence-electron chi connectivity index (χ0n) is 10.1. The van der Waals surface area contributed by atoms with Gasteiger partial charge in [0.25, 0.3) is 0 Å². The summed E-state index contributed by atoms with van der Waals surface area (Å²) in [5.74, 6) is -0.249. The minimum absolute atomic E-state index is 0.249. The summed E-state index contributed by atoms with van der Waals surface area (Å²) < 4.78 is 60.9. The molecule has 0 radical (unpaired) electrons. The maximum atomic E-state index is 11.0. The summed E-state index contributed by atoms with van der Waals surface area (Å²) in [7, 11) is -4.22. The Labute approximate surface area is 115 Å². The van der Waals surface area contributed by atoms with E-state index in [0.717, 1.165) is 35.8 Å². The van der Waals surface area contributed by atoms with E-state index in [9.17, 15) is 16.8 Å². The summed E-state index contributed by atoms with van der Waals surface area (Å²) in [5.41, 5.74) is 0. The molecule has 0 aliphatic heterocycles. The summed E-state index contributed by atoms with van der Waals surface area (Å²) in [4.78, 5) is -1.14. The van der Waals surface area contributed by atoms with Gasteiger partial charge in [0.2, 0.25) is 0 Å². The molecule has 110 valence electrons. The van der Waals surface area contributed by atoms with E-state index in [1.807, 2.05) is 0 Å². The van der Waals surface area contributed by atoms with Gasteiger partial charge < -0.3 is 0 Å². The van der Waals surface area contributed by atoms with Crippen LogP contribution >= 0.6 is 21.6 Å². The minimum atomic E-state index is -4.07. The van der Waals surface area contributed by atoms with E-state index >= 15 is 0 Å². The molecule has 12 heteroatoms. The molecule has 0 saturated heterocycles. The van der Waals surface area contributed by atoms with Crippen molar-refractivity contribution in [3.05, 3.63) is 0 Å². The van der Waals surface area contributed by atoms with Crippen LogP contribution in [0.4, 0.5) is 0 Å². The topological polar surface area (TPSA) is 105 Å². The first-order valence-electron chi connectivity index (χ1n) is 4.30. The Morgan fingerprint density at radius 1 is 1.00 bits per heavy atom. The van der Waals surface area contributed by atoms with Crippen LogP contribution in [0.25, 0.3) is 0 Å². The average molecular weight is 342 g/mol. The highest BCUT2D eigenvalue weighted by Gasteiger charge is 2.28. The van der Waals surface area contributed by atoms with E-state index < -0.39 is 25.7 Å². The standard InChI is InChI=1S/C6H14O8S4/c1-6(2,14-18(9,10)12-4)16-15-5-13-17(7,8)11-3/h5H2,1-4H3. The van der Waals surface area contributed by atoms with Crippen LogP contribution in [0.5, 0.6) is 0 Å². The Hall–Kier alpha value is 0.440. The van der Waals surface area contributed by atoms with E-state index in [4.69, 9.17) is 0 Å². The minimum Gasteiger partial charge on any atom is -0.252 e. The van der Waals surface area contributed by atoms with E-state index in [2.05, 4.69) is 16.7 Å². The van der Waals surface area contributed by atoms with Crippen molar-refractivity contribution in [3.8, 4) is 0 Å². The van der Waals surface area contributed by atoms with Gasteiger partial charge in [0.15, 0.2) is 0 Å². The molecule has 0 fully saturated rings. The number of hydrogen-bond acceptors (Lipinski definition) is 10. The fourth-order valence-electron chi connectivity index (χ4n) is 0.586. The molecule has 8 nitrogen and oxygen atoms in total. The number of rotatable bonds is 9. The molecule has 0 aromatic heterocycles. The molecule has 0 N–H and O–H groups in total. The lowest BCUT2D eigenvalue weighted by atomic mass is 10.5. The van der Waals surface area contributed by atoms with Gasteiger partial charge in [0.1, 0.15) is 10.9 Å². The lowest BCUT2D eigenvalue weighted by Gasteiger charge is -2.21. The lowest BCUT2D eigenvalue weighted by molar-refractivity contribution is 0.173. The molecule has 0 bridgehead atoms. The van der Waals surface area contributed by atoms with Crippen molar-refractivity contribution in [2.75, 3.05) is 20.2 Å². The first kappa shape index (κ1) is 18.4. The van der Waals surface area contributed by atoms with Crippen molar-refractivity contribution < 1.29 is 33.6 Å². The third-order valence-electron chi connectivity index (χ3n) is 1.21. The van der Waals surface area contributed by atoms with Gasteiger partial charge >= 0.3 is 20.8 Å². The Bertz CT molecular complexity index is 438. The predicted octanol–water partition coefficient (Wildman–Crippen LogP) is 0.877. The first-order chi connectivity index (χ1) is 8.04. The largest absolute Gasteiger partial charge is 0.400 e. The molecule has 0 aromatic rings. The highest BCUT2D eigenvalue weighted by atomic mass is 33.1. The molecule has 0 unspecified atom stereocenters. The molecule has 0 amide bonds. The van der Waals surface area contributed by atoms with Gasteiger partial charge in [-0.3, -0.25) is 8.37 Å². The molecule has 0 rings (SSSR count). The van der Waals surface area contributed by atoms with Crippen molar-refractivity contribution in [3.63, 3.8) is 0 Å². The SMILES string of the molecule is COS(=O)(=O)OCSSC(C)(C)OS(=O)(=O)OC. The molecule has 0 spiro atoms. The molecule has 0 aromatic carbocycles. The fourth-order valence-corrected chi connectivity index (χ4v) is 4.16. The van der Waals surface area contributed by atoms with Crippen LogP contribution in [0.2, 0.25) is 0 Å². The van der Waals surface area contributed by atoms with Crippen molar-refractivity contribution >= 4 is 42.4 Å². The summed E-state index contributed by atoms with van der Waals surface area (Å²) in [6.45, 7) is 2.96. The Balaban J connectivity index is 4.14. The predicted molar refractivity (Wildman–Crippen MR) is 68.2 cm³/mol. The summed E-state index contributed by atoms with van der Waals surface area (Å²) >= 11 is 0. The molecule has 0 aliphatic rings. The second-order valence-electron chi connectivity index (χ2n) is 3.07. The zero-order valence-corrected chi connectivity index (χ0v) is 13.4. The van der Waals surface area contributed by atoms with E-state index in [-0.39, 0.29) is 5.94 Å². The van der Waals surface area contributed by atoms with Crippen molar-refractivity contribution in [2.45, 2.75) is 18.8 Å². The van der Waals surface area contributed by atoms with E-state index in [1.165, 1.54) is 13.8 Å². The van der Waals surface area contributed by atoms with Gasteiger partial charge in [0, 0.05) is 0 Å². The summed E-state index contributed by atoms with van der Waals surface area (Å²) in [5, 5.41) is 0. The summed E-state index contributed by atoms with van der Waals surface area (Å²) in [6.07, 6.45) is 0. The van der Waals surface area contributed by atoms with E-state index in [1.54, 1.807) is 0 Å². The fraction of sp³-hybridized carbons (Fsp3) is 1.00. The molecule has 18 heavy (non-hydrogen) atoms. The molecule has 0 atom stereocenters. The second-order valence-corrected chi connectivity index (χ2v) is 8.60. The van der Waals surface area contributed by atoms with Crippen LogP contribution in [0.3, 0.4) is 0 Å². The third kappa shape index (κ3) is 8.53. The average Bonchev–Trinajstić information content (AvgIpc) is 2.23. The second kappa shape index (κ2) is 7.28. The van der Waals surface area contributed by atoms with Crippen molar-refractivity contribution in [1.82, 2.24) is 0 Å². The maximum Gasteiger partial charge on any atom is 0.400 e. The van der Waals surface area contributed by atoms with Gasteiger partial charge in [-0.05, 0) is 13.8 Å². The lowest BCUT2D eigenvalue weighted by Crippen LogP contribution is -2.24. The monoisotopic (exact) mass is 342 g/mol. The smallest absolute Gasteiger partial charge is 0.252 e. The van der Waals surface area contributed by atoms with Gasteiger partial charge in [-0.2, -0.15) is 16.8 Å². The van der Waals surface area contributed by atoms with Crippen LogP contribution in [-0.4, -0.2) is 41.9 Å². The van der Waals surface area contributed by atoms with Gasteiger partial charge in [-0.1, -0.05) is 21.6 Å². The Morgan fingerprint density at radius 2 is 1.50 bits per heavy atom. The maximum absolute atomic E-state index is 11.0. The van der Waals surface area contributed by atoms with Crippen LogP contribution in [0.15, 0.2) is 0 Å². The molecule has 0 saturated carbocycles. The molecule has 0 heterocycles. The van der Waals surface area contributed by atoms with Crippen molar-refractivity contribution in [2.24, 2.45) is 0 Å². The molecular weight excluding hydrogens is 328 g/mol. The highest BCUT2D eigenvalue weighted by molar-refractivity contribution is 8.77. The van der Waals surface area contributed by atoms with E-state index in [0.29, 0.717) is 0 Å². The third-order valence-corrected chi connectivity index (χ3v) is 5.97. The van der Waals surface area contributed by atoms with Crippen LogP contribution in [0.1, 0.15) is 13.8 Å². The van der Waals surface area contributed by atoms with Gasteiger partial charge in [-0.25, -0.2) is 8.37 Å². The molecular formula is C6H14O8S4. The van der Waals surface area contributed by atoms with Crippen molar-refractivity contribution in [1.29, 1.82) is 0 Å². The molecule has 0 aliphatic carbocycles. The van der Waals surface area contributed by atoms with Gasteiger partial charge in [0.05, 0.1) is 14.2 Å². The highest BCUT2D eigenvalue weighted by Crippen LogP contribution is 2.37. The van der Waals surface area contributed by atoms with Crippen LogP contribution in [0, 0.1) is 0 Å². The first-order valence-corrected chi connectivity index (χ1v) is 9.29. The Morgan fingerprint density at radius 3 is 1.94 bits per heavy atom. The Kier molecular flexibility index (Phi) is 7.46. The summed E-state index contributed by atoms with van der Waals surface area (Å²) in [6, 6.07) is 0.